The zero-order chi connectivity index (χ0) is 14.5. The summed E-state index contributed by atoms with van der Waals surface area (Å²) in [7, 11) is 1.63. The fourth-order valence-electron chi connectivity index (χ4n) is 1.78. The molecule has 1 saturated heterocycles. The molecular formula is C14H15NO3S2. The molecule has 1 aliphatic heterocycles. The number of hydrogen-bond acceptors (Lipinski definition) is 5. The Kier molecular flexibility index (Phi) is 5.17. The Morgan fingerprint density at radius 3 is 2.75 bits per heavy atom. The summed E-state index contributed by atoms with van der Waals surface area (Å²) in [6, 6.07) is 6.69. The predicted molar refractivity (Wildman–Crippen MR) is 84.5 cm³/mol. The lowest BCUT2D eigenvalue weighted by Gasteiger charge is -2.13. The lowest BCUT2D eigenvalue weighted by molar-refractivity contribution is -0.122. The highest BCUT2D eigenvalue weighted by molar-refractivity contribution is 8.26. The van der Waals surface area contributed by atoms with Crippen LogP contribution in [0.25, 0.3) is 6.08 Å². The van der Waals surface area contributed by atoms with Gasteiger partial charge in [-0.25, -0.2) is 0 Å². The fourth-order valence-corrected chi connectivity index (χ4v) is 3.09. The third kappa shape index (κ3) is 3.59. The Balaban J connectivity index is 2.09. The molecule has 1 amide bonds. The zero-order valence-electron chi connectivity index (χ0n) is 11.0. The van der Waals surface area contributed by atoms with Gasteiger partial charge in [0, 0.05) is 20.3 Å². The van der Waals surface area contributed by atoms with Crippen molar-refractivity contribution in [2.45, 2.75) is 6.42 Å². The van der Waals surface area contributed by atoms with E-state index in [9.17, 15) is 9.90 Å². The molecule has 0 saturated carbocycles. The minimum Gasteiger partial charge on any atom is -0.508 e. The quantitative estimate of drug-likeness (QED) is 0.515. The molecule has 20 heavy (non-hydrogen) atoms. The van der Waals surface area contributed by atoms with Gasteiger partial charge in [0.1, 0.15) is 10.1 Å². The van der Waals surface area contributed by atoms with E-state index in [0.29, 0.717) is 22.4 Å². The third-order valence-electron chi connectivity index (χ3n) is 2.79. The lowest BCUT2D eigenvalue weighted by Crippen LogP contribution is -2.29. The van der Waals surface area contributed by atoms with Gasteiger partial charge < -0.3 is 9.84 Å². The molecule has 1 aromatic rings. The number of aromatic hydroxyl groups is 1. The van der Waals surface area contributed by atoms with Crippen molar-refractivity contribution in [3.63, 3.8) is 0 Å². The Hall–Kier alpha value is -1.37. The van der Waals surface area contributed by atoms with Gasteiger partial charge in [-0.15, -0.1) is 0 Å². The van der Waals surface area contributed by atoms with Crippen LogP contribution in [0.1, 0.15) is 12.0 Å². The summed E-state index contributed by atoms with van der Waals surface area (Å²) >= 11 is 6.53. The van der Waals surface area contributed by atoms with Gasteiger partial charge in [-0.1, -0.05) is 36.1 Å². The first-order chi connectivity index (χ1) is 9.61. The van der Waals surface area contributed by atoms with E-state index in [4.69, 9.17) is 17.0 Å². The van der Waals surface area contributed by atoms with E-state index in [1.807, 2.05) is 0 Å². The number of carbonyl (C=O) groups is 1. The molecule has 2 rings (SSSR count). The molecule has 0 aliphatic carbocycles. The number of rotatable bonds is 5. The summed E-state index contributed by atoms with van der Waals surface area (Å²) in [4.78, 5) is 14.5. The molecular weight excluding hydrogens is 294 g/mol. The van der Waals surface area contributed by atoms with Crippen LogP contribution in [0, 0.1) is 0 Å². The molecule has 106 valence electrons. The van der Waals surface area contributed by atoms with Gasteiger partial charge in [0.15, 0.2) is 0 Å². The topological polar surface area (TPSA) is 49.8 Å². The first-order valence-electron chi connectivity index (χ1n) is 6.15. The Morgan fingerprint density at radius 2 is 2.10 bits per heavy atom. The number of carbonyl (C=O) groups excluding carboxylic acids is 1. The van der Waals surface area contributed by atoms with Crippen molar-refractivity contribution in [3.8, 4) is 5.75 Å². The summed E-state index contributed by atoms with van der Waals surface area (Å²) in [6.07, 6.45) is 2.55. The average Bonchev–Trinajstić information content (AvgIpc) is 2.69. The van der Waals surface area contributed by atoms with Gasteiger partial charge in [0.25, 0.3) is 5.91 Å². The number of thiocarbonyl (C=S) groups is 1. The summed E-state index contributed by atoms with van der Waals surface area (Å²) in [5.41, 5.74) is 0.861. The van der Waals surface area contributed by atoms with Crippen LogP contribution < -0.4 is 0 Å². The van der Waals surface area contributed by atoms with Gasteiger partial charge in [0.05, 0.1) is 4.91 Å². The Labute approximate surface area is 127 Å². The molecule has 1 fully saturated rings. The van der Waals surface area contributed by atoms with Crippen molar-refractivity contribution in [2.24, 2.45) is 0 Å². The highest BCUT2D eigenvalue weighted by atomic mass is 32.2. The molecule has 0 atom stereocenters. The first-order valence-corrected chi connectivity index (χ1v) is 7.37. The van der Waals surface area contributed by atoms with Crippen LogP contribution in [-0.2, 0) is 9.53 Å². The van der Waals surface area contributed by atoms with Crippen molar-refractivity contribution >= 4 is 40.3 Å². The summed E-state index contributed by atoms with van der Waals surface area (Å²) < 4.78 is 5.56. The van der Waals surface area contributed by atoms with E-state index >= 15 is 0 Å². The van der Waals surface area contributed by atoms with Crippen LogP contribution in [0.2, 0.25) is 0 Å². The molecule has 4 nitrogen and oxygen atoms in total. The fraction of sp³-hybridized carbons (Fsp3) is 0.286. The van der Waals surface area contributed by atoms with Crippen molar-refractivity contribution in [2.75, 3.05) is 20.3 Å². The van der Waals surface area contributed by atoms with Gasteiger partial charge in [0.2, 0.25) is 0 Å². The predicted octanol–water partition coefficient (Wildman–Crippen LogP) is 2.63. The van der Waals surface area contributed by atoms with Crippen LogP contribution in [-0.4, -0.2) is 40.5 Å². The minimum absolute atomic E-state index is 0.0656. The summed E-state index contributed by atoms with van der Waals surface area (Å²) in [6.45, 7) is 1.18. The SMILES string of the molecule is COCCCN1C(=O)/C(=C\c2ccc(O)cc2)SC1=S. The second-order valence-corrected chi connectivity index (χ2v) is 5.95. The maximum Gasteiger partial charge on any atom is 0.266 e. The standard InChI is InChI=1S/C14H15NO3S2/c1-18-8-2-7-15-13(17)12(20-14(15)19)9-10-3-5-11(16)6-4-10/h3-6,9,16H,2,7-8H2,1H3/b12-9+. The van der Waals surface area contributed by atoms with Gasteiger partial charge in [-0.05, 0) is 30.2 Å². The Bertz CT molecular complexity index is 540. The van der Waals surface area contributed by atoms with E-state index < -0.39 is 0 Å². The zero-order valence-corrected chi connectivity index (χ0v) is 12.7. The highest BCUT2D eigenvalue weighted by Crippen LogP contribution is 2.32. The van der Waals surface area contributed by atoms with Crippen LogP contribution in [0.5, 0.6) is 5.75 Å². The van der Waals surface area contributed by atoms with Crippen molar-refractivity contribution < 1.29 is 14.6 Å². The van der Waals surface area contributed by atoms with Crippen molar-refractivity contribution in [1.29, 1.82) is 0 Å². The number of phenols is 1. The molecule has 0 spiro atoms. The van der Waals surface area contributed by atoms with Crippen molar-refractivity contribution in [1.82, 2.24) is 4.90 Å². The van der Waals surface area contributed by atoms with E-state index in [2.05, 4.69) is 0 Å². The largest absolute Gasteiger partial charge is 0.508 e. The number of hydrogen-bond donors (Lipinski definition) is 1. The molecule has 0 radical (unpaired) electrons. The van der Waals surface area contributed by atoms with Gasteiger partial charge in [-0.2, -0.15) is 0 Å². The van der Waals surface area contributed by atoms with Crippen LogP contribution >= 0.6 is 24.0 Å². The number of ether oxygens (including phenoxy) is 1. The maximum absolute atomic E-state index is 12.2. The minimum atomic E-state index is -0.0656. The highest BCUT2D eigenvalue weighted by Gasteiger charge is 2.31. The van der Waals surface area contributed by atoms with E-state index in [1.165, 1.54) is 11.8 Å². The van der Waals surface area contributed by atoms with Crippen LogP contribution in [0.4, 0.5) is 0 Å². The van der Waals surface area contributed by atoms with Crippen LogP contribution in [0.3, 0.4) is 0 Å². The van der Waals surface area contributed by atoms with Crippen molar-refractivity contribution in [3.05, 3.63) is 34.7 Å². The average molecular weight is 309 g/mol. The second-order valence-electron chi connectivity index (χ2n) is 4.27. The second kappa shape index (κ2) is 6.88. The number of methoxy groups -OCH3 is 1. The molecule has 0 aromatic heterocycles. The lowest BCUT2D eigenvalue weighted by atomic mass is 10.2. The monoisotopic (exact) mass is 309 g/mol. The third-order valence-corrected chi connectivity index (χ3v) is 4.17. The van der Waals surface area contributed by atoms with E-state index in [-0.39, 0.29) is 11.7 Å². The number of benzene rings is 1. The molecule has 0 unspecified atom stereocenters. The molecule has 1 aromatic carbocycles. The Morgan fingerprint density at radius 1 is 1.40 bits per heavy atom. The molecule has 1 heterocycles. The summed E-state index contributed by atoms with van der Waals surface area (Å²) in [5, 5.41) is 9.24. The van der Waals surface area contributed by atoms with Gasteiger partial charge in [-0.3, -0.25) is 9.69 Å². The maximum atomic E-state index is 12.2. The molecule has 1 N–H and O–H groups in total. The molecule has 1 aliphatic rings. The first kappa shape index (κ1) is 15.0. The van der Waals surface area contributed by atoms with Gasteiger partial charge >= 0.3 is 0 Å². The number of nitrogens with zero attached hydrogens (tertiary/aromatic N) is 1. The summed E-state index contributed by atoms with van der Waals surface area (Å²) in [5.74, 6) is 0.137. The van der Waals surface area contributed by atoms with E-state index in [0.717, 1.165) is 12.0 Å². The van der Waals surface area contributed by atoms with E-state index in [1.54, 1.807) is 42.4 Å². The molecule has 0 bridgehead atoms. The molecule has 6 heteroatoms. The number of thioether (sulfide) groups is 1. The van der Waals surface area contributed by atoms with Crippen LogP contribution in [0.15, 0.2) is 29.2 Å². The number of amides is 1. The normalized spacial score (nSPS) is 17.2. The number of phenolic OH excluding ortho intramolecular Hbond substituents is 1. The smallest absolute Gasteiger partial charge is 0.266 e.